The van der Waals surface area contributed by atoms with Gasteiger partial charge in [0, 0.05) is 24.7 Å². The monoisotopic (exact) mass is 392 g/mol. The molecule has 0 radical (unpaired) electrons. The highest BCUT2D eigenvalue weighted by molar-refractivity contribution is 5.74. The molecule has 0 amide bonds. The maximum Gasteiger partial charge on any atom is 0.200 e. The van der Waals surface area contributed by atoms with E-state index >= 15 is 0 Å². The number of ether oxygens (including phenoxy) is 1. The van der Waals surface area contributed by atoms with Gasteiger partial charge in [0.25, 0.3) is 0 Å². The minimum Gasteiger partial charge on any atom is -0.497 e. The van der Waals surface area contributed by atoms with Crippen molar-refractivity contribution in [2.45, 2.75) is 38.1 Å². The van der Waals surface area contributed by atoms with Crippen molar-refractivity contribution >= 4 is 11.3 Å². The first-order chi connectivity index (χ1) is 14.3. The van der Waals surface area contributed by atoms with Crippen molar-refractivity contribution in [2.24, 2.45) is 0 Å². The van der Waals surface area contributed by atoms with Gasteiger partial charge in [-0.3, -0.25) is 0 Å². The average Bonchev–Trinajstić information content (AvgIpc) is 3.28. The van der Waals surface area contributed by atoms with Crippen LogP contribution in [0.4, 0.5) is 5.69 Å². The summed E-state index contributed by atoms with van der Waals surface area (Å²) >= 11 is 0. The molecule has 0 N–H and O–H groups in total. The van der Waals surface area contributed by atoms with Crippen molar-refractivity contribution in [3.05, 3.63) is 36.7 Å². The van der Waals surface area contributed by atoms with Gasteiger partial charge in [0.15, 0.2) is 0 Å². The third-order valence-electron chi connectivity index (χ3n) is 6.35. The third-order valence-corrected chi connectivity index (χ3v) is 6.35. The molecule has 152 valence electrons. The molecule has 2 saturated heterocycles. The first-order valence-corrected chi connectivity index (χ1v) is 10.7. The number of anilines is 1. The normalized spacial score (nSPS) is 19.0. The van der Waals surface area contributed by atoms with E-state index in [1.54, 1.807) is 18.0 Å². The molecule has 0 aliphatic carbocycles. The second-order valence-corrected chi connectivity index (χ2v) is 8.06. The lowest BCUT2D eigenvalue weighted by atomic mass is 9.99. The first kappa shape index (κ1) is 18.4. The number of methoxy groups -OCH3 is 1. The summed E-state index contributed by atoms with van der Waals surface area (Å²) in [5, 5.41) is 13.2. The van der Waals surface area contributed by atoms with Crippen molar-refractivity contribution < 1.29 is 4.74 Å². The molecule has 2 aliphatic heterocycles. The van der Waals surface area contributed by atoms with Crippen LogP contribution in [0.25, 0.3) is 16.9 Å². The summed E-state index contributed by atoms with van der Waals surface area (Å²) in [5.41, 5.74) is 3.94. The van der Waals surface area contributed by atoms with E-state index in [0.717, 1.165) is 47.5 Å². The largest absolute Gasteiger partial charge is 0.497 e. The Morgan fingerprint density at radius 2 is 1.72 bits per heavy atom. The average molecular weight is 393 g/mol. The fourth-order valence-electron chi connectivity index (χ4n) is 4.70. The fraction of sp³-hybridized carbons (Fsp3) is 0.500. The zero-order chi connectivity index (χ0) is 19.6. The Kier molecular flexibility index (Phi) is 5.06. The highest BCUT2D eigenvalue weighted by atomic mass is 16.5. The lowest BCUT2D eigenvalue weighted by Gasteiger charge is -2.41. The fourth-order valence-corrected chi connectivity index (χ4v) is 4.70. The number of hydrogen-bond acceptors (Lipinski definition) is 6. The second kappa shape index (κ2) is 7.99. The standard InChI is InChI=1S/C22H28N6O/c1-29-19-7-5-17(6-8-19)20-15-21(22-24-23-16-28(22)25-20)27-13-9-18(10-14-27)26-11-3-2-4-12-26/h5-8,15-16,18H,2-4,9-14H2,1H3. The zero-order valence-corrected chi connectivity index (χ0v) is 17.0. The van der Waals surface area contributed by atoms with Crippen LogP contribution < -0.4 is 9.64 Å². The Hall–Kier alpha value is -2.67. The number of nitrogens with zero attached hydrogens (tertiary/aromatic N) is 6. The van der Waals surface area contributed by atoms with Crippen LogP contribution in [0.2, 0.25) is 0 Å². The van der Waals surface area contributed by atoms with E-state index in [1.807, 2.05) is 24.3 Å². The van der Waals surface area contributed by atoms with Crippen LogP contribution in [-0.2, 0) is 0 Å². The van der Waals surface area contributed by atoms with E-state index in [2.05, 4.69) is 26.1 Å². The summed E-state index contributed by atoms with van der Waals surface area (Å²) < 4.78 is 7.08. The van der Waals surface area contributed by atoms with Crippen LogP contribution in [0.3, 0.4) is 0 Å². The van der Waals surface area contributed by atoms with Crippen LogP contribution in [0.5, 0.6) is 5.75 Å². The molecule has 3 aromatic rings. The van der Waals surface area contributed by atoms with Crippen LogP contribution in [-0.4, -0.2) is 64.0 Å². The first-order valence-electron chi connectivity index (χ1n) is 10.7. The Morgan fingerprint density at radius 1 is 0.966 bits per heavy atom. The third kappa shape index (κ3) is 3.67. The number of fused-ring (bicyclic) bond motifs is 1. The molecular formula is C22H28N6O. The quantitative estimate of drug-likeness (QED) is 0.679. The minimum absolute atomic E-state index is 0.725. The lowest BCUT2D eigenvalue weighted by Crippen LogP contribution is -2.46. The summed E-state index contributed by atoms with van der Waals surface area (Å²) in [6, 6.07) is 10.9. The van der Waals surface area contributed by atoms with Crippen LogP contribution in [0.15, 0.2) is 36.7 Å². The Bertz CT molecular complexity index is 955. The van der Waals surface area contributed by atoms with Crippen molar-refractivity contribution in [3.63, 3.8) is 0 Å². The SMILES string of the molecule is COc1ccc(-c2cc(N3CCC(N4CCCCC4)CC3)c3nncn3n2)cc1. The molecule has 7 nitrogen and oxygen atoms in total. The molecule has 29 heavy (non-hydrogen) atoms. The highest BCUT2D eigenvalue weighted by Gasteiger charge is 2.27. The number of piperidine rings is 2. The molecule has 0 spiro atoms. The highest BCUT2D eigenvalue weighted by Crippen LogP contribution is 2.30. The van der Waals surface area contributed by atoms with Gasteiger partial charge in [-0.1, -0.05) is 6.42 Å². The summed E-state index contributed by atoms with van der Waals surface area (Å²) in [7, 11) is 1.68. The molecule has 0 atom stereocenters. The zero-order valence-electron chi connectivity index (χ0n) is 17.0. The molecule has 0 unspecified atom stereocenters. The molecule has 7 heteroatoms. The molecule has 2 fully saturated rings. The van der Waals surface area contributed by atoms with Crippen LogP contribution >= 0.6 is 0 Å². The van der Waals surface area contributed by atoms with E-state index < -0.39 is 0 Å². The van der Waals surface area contributed by atoms with Gasteiger partial charge in [0.05, 0.1) is 18.5 Å². The summed E-state index contributed by atoms with van der Waals surface area (Å²) in [6.07, 6.45) is 8.21. The summed E-state index contributed by atoms with van der Waals surface area (Å²) in [5.74, 6) is 0.846. The number of rotatable bonds is 4. The number of benzene rings is 1. The smallest absolute Gasteiger partial charge is 0.200 e. The van der Waals surface area contributed by atoms with E-state index in [9.17, 15) is 0 Å². The minimum atomic E-state index is 0.725. The number of likely N-dealkylation sites (tertiary alicyclic amines) is 1. The van der Waals surface area contributed by atoms with E-state index in [-0.39, 0.29) is 0 Å². The Morgan fingerprint density at radius 3 is 2.45 bits per heavy atom. The predicted molar refractivity (Wildman–Crippen MR) is 113 cm³/mol. The van der Waals surface area contributed by atoms with E-state index in [4.69, 9.17) is 9.84 Å². The van der Waals surface area contributed by atoms with Gasteiger partial charge in [0.1, 0.15) is 12.1 Å². The van der Waals surface area contributed by atoms with Gasteiger partial charge in [-0.05, 0) is 69.1 Å². The van der Waals surface area contributed by atoms with Crippen molar-refractivity contribution in [3.8, 4) is 17.0 Å². The van der Waals surface area contributed by atoms with Gasteiger partial charge in [-0.25, -0.2) is 0 Å². The van der Waals surface area contributed by atoms with Gasteiger partial charge in [-0.15, -0.1) is 10.2 Å². The molecule has 0 saturated carbocycles. The molecule has 5 rings (SSSR count). The van der Waals surface area contributed by atoms with E-state index in [0.29, 0.717) is 0 Å². The summed E-state index contributed by atoms with van der Waals surface area (Å²) in [6.45, 7) is 4.65. The van der Waals surface area contributed by atoms with Gasteiger partial charge >= 0.3 is 0 Å². The molecule has 0 bridgehead atoms. The molecule has 2 aliphatic rings. The lowest BCUT2D eigenvalue weighted by molar-refractivity contribution is 0.141. The van der Waals surface area contributed by atoms with Crippen LogP contribution in [0, 0.1) is 0 Å². The number of aromatic nitrogens is 4. The second-order valence-electron chi connectivity index (χ2n) is 8.06. The molecule has 4 heterocycles. The molecular weight excluding hydrogens is 364 g/mol. The maximum atomic E-state index is 5.28. The van der Waals surface area contributed by atoms with Crippen molar-refractivity contribution in [1.82, 2.24) is 24.7 Å². The van der Waals surface area contributed by atoms with Crippen molar-refractivity contribution in [2.75, 3.05) is 38.2 Å². The Labute approximate surface area is 171 Å². The van der Waals surface area contributed by atoms with E-state index in [1.165, 1.54) is 45.2 Å². The maximum absolute atomic E-state index is 5.28. The van der Waals surface area contributed by atoms with Crippen molar-refractivity contribution in [1.29, 1.82) is 0 Å². The summed E-state index contributed by atoms with van der Waals surface area (Å²) in [4.78, 5) is 5.17. The molecule has 1 aromatic carbocycles. The Balaban J connectivity index is 1.40. The van der Waals surface area contributed by atoms with Crippen LogP contribution in [0.1, 0.15) is 32.1 Å². The predicted octanol–water partition coefficient (Wildman–Crippen LogP) is 3.25. The molecule has 2 aromatic heterocycles. The van der Waals surface area contributed by atoms with Gasteiger partial charge in [0.2, 0.25) is 5.65 Å². The van der Waals surface area contributed by atoms with Gasteiger partial charge in [-0.2, -0.15) is 9.61 Å². The van der Waals surface area contributed by atoms with Gasteiger partial charge < -0.3 is 14.5 Å². The number of hydrogen-bond donors (Lipinski definition) is 0. The topological polar surface area (TPSA) is 58.8 Å².